The molecule has 2 aromatic rings. The van der Waals surface area contributed by atoms with E-state index in [0.29, 0.717) is 11.3 Å². The van der Waals surface area contributed by atoms with Crippen molar-refractivity contribution in [1.82, 2.24) is 9.97 Å². The normalized spacial score (nSPS) is 9.89. The first-order chi connectivity index (χ1) is 8.69. The zero-order valence-corrected chi connectivity index (χ0v) is 11.6. The summed E-state index contributed by atoms with van der Waals surface area (Å²) in [6, 6.07) is 6.82. The van der Waals surface area contributed by atoms with E-state index in [1.54, 1.807) is 36.7 Å². The minimum absolute atomic E-state index is 0.265. The average molecular weight is 356 g/mol. The fourth-order valence-electron chi connectivity index (χ4n) is 1.24. The van der Waals surface area contributed by atoms with E-state index in [2.05, 4.69) is 37.3 Å². The number of hydrogen-bond donors (Lipinski definition) is 0. The Morgan fingerprint density at radius 1 is 1.17 bits per heavy atom. The summed E-state index contributed by atoms with van der Waals surface area (Å²) in [5.41, 5.74) is 0.466. The SMILES string of the molecule is COC(=O)c1ccc(Oc2ncc(I)cn2)cc1. The maximum atomic E-state index is 11.2. The Bertz CT molecular complexity index is 540. The van der Waals surface area contributed by atoms with Crippen molar-refractivity contribution in [3.8, 4) is 11.8 Å². The fourth-order valence-corrected chi connectivity index (χ4v) is 1.51. The first kappa shape index (κ1) is 12.7. The molecule has 0 aliphatic rings. The molecule has 18 heavy (non-hydrogen) atoms. The molecule has 0 amide bonds. The number of ether oxygens (including phenoxy) is 2. The molecule has 1 heterocycles. The fraction of sp³-hybridized carbons (Fsp3) is 0.0833. The Kier molecular flexibility index (Phi) is 4.08. The van der Waals surface area contributed by atoms with Crippen LogP contribution in [0.2, 0.25) is 0 Å². The molecule has 0 aliphatic heterocycles. The van der Waals surface area contributed by atoms with E-state index in [1.165, 1.54) is 7.11 Å². The van der Waals surface area contributed by atoms with Crippen LogP contribution in [0.5, 0.6) is 11.8 Å². The van der Waals surface area contributed by atoms with E-state index in [4.69, 9.17) is 4.74 Å². The predicted molar refractivity (Wildman–Crippen MR) is 72.6 cm³/mol. The second kappa shape index (κ2) is 5.76. The largest absolute Gasteiger partial charge is 0.465 e. The van der Waals surface area contributed by atoms with E-state index in [9.17, 15) is 4.79 Å². The molecule has 0 saturated carbocycles. The molecule has 0 atom stereocenters. The van der Waals surface area contributed by atoms with Gasteiger partial charge in [0.1, 0.15) is 5.75 Å². The van der Waals surface area contributed by atoms with Gasteiger partial charge in [-0.05, 0) is 46.9 Å². The van der Waals surface area contributed by atoms with Gasteiger partial charge in [-0.15, -0.1) is 0 Å². The highest BCUT2D eigenvalue weighted by Gasteiger charge is 2.05. The standard InChI is InChI=1S/C12H9IN2O3/c1-17-11(16)8-2-4-10(5-3-8)18-12-14-6-9(13)7-15-12/h2-7H,1H3. The van der Waals surface area contributed by atoms with Gasteiger partial charge in [-0.3, -0.25) is 0 Å². The Labute approximate surface area is 117 Å². The number of aromatic nitrogens is 2. The molecule has 0 saturated heterocycles. The lowest BCUT2D eigenvalue weighted by Crippen LogP contribution is -2.00. The number of benzene rings is 1. The number of carbonyl (C=O) groups is 1. The molecular formula is C12H9IN2O3. The first-order valence-corrected chi connectivity index (χ1v) is 6.10. The quantitative estimate of drug-likeness (QED) is 0.625. The highest BCUT2D eigenvalue weighted by molar-refractivity contribution is 14.1. The maximum absolute atomic E-state index is 11.2. The lowest BCUT2D eigenvalue weighted by atomic mass is 10.2. The van der Waals surface area contributed by atoms with E-state index in [1.807, 2.05) is 0 Å². The van der Waals surface area contributed by atoms with Crippen LogP contribution in [0.25, 0.3) is 0 Å². The molecule has 92 valence electrons. The predicted octanol–water partition coefficient (Wildman–Crippen LogP) is 2.66. The third-order valence-electron chi connectivity index (χ3n) is 2.08. The van der Waals surface area contributed by atoms with E-state index < -0.39 is 0 Å². The number of rotatable bonds is 3. The molecule has 1 aromatic carbocycles. The van der Waals surface area contributed by atoms with Crippen LogP contribution in [0.1, 0.15) is 10.4 Å². The molecule has 6 heteroatoms. The summed E-state index contributed by atoms with van der Waals surface area (Å²) >= 11 is 2.11. The molecule has 5 nitrogen and oxygen atoms in total. The number of methoxy groups -OCH3 is 1. The van der Waals surface area contributed by atoms with Crippen molar-refractivity contribution in [3.63, 3.8) is 0 Å². The number of carbonyl (C=O) groups excluding carboxylic acids is 1. The van der Waals surface area contributed by atoms with Crippen LogP contribution in [-0.4, -0.2) is 23.0 Å². The third kappa shape index (κ3) is 3.16. The van der Waals surface area contributed by atoms with Crippen LogP contribution in [0.15, 0.2) is 36.7 Å². The van der Waals surface area contributed by atoms with Crippen molar-refractivity contribution in [3.05, 3.63) is 45.8 Å². The Morgan fingerprint density at radius 2 is 1.78 bits per heavy atom. The zero-order valence-electron chi connectivity index (χ0n) is 9.46. The summed E-state index contributed by atoms with van der Waals surface area (Å²) in [7, 11) is 1.34. The molecular weight excluding hydrogens is 347 g/mol. The molecule has 1 aromatic heterocycles. The van der Waals surface area contributed by atoms with Gasteiger partial charge in [-0.1, -0.05) is 0 Å². The Hall–Kier alpha value is -1.70. The van der Waals surface area contributed by atoms with Crippen molar-refractivity contribution in [1.29, 1.82) is 0 Å². The average Bonchev–Trinajstić information content (AvgIpc) is 2.41. The molecule has 0 fully saturated rings. The van der Waals surface area contributed by atoms with E-state index in [0.717, 1.165) is 3.57 Å². The topological polar surface area (TPSA) is 61.3 Å². The first-order valence-electron chi connectivity index (χ1n) is 5.03. The lowest BCUT2D eigenvalue weighted by Gasteiger charge is -2.04. The van der Waals surface area contributed by atoms with Gasteiger partial charge in [0.05, 0.1) is 12.7 Å². The lowest BCUT2D eigenvalue weighted by molar-refractivity contribution is 0.0600. The molecule has 0 spiro atoms. The minimum atomic E-state index is -0.382. The summed E-state index contributed by atoms with van der Waals surface area (Å²) in [5.74, 6) is 0.177. The Balaban J connectivity index is 2.10. The maximum Gasteiger partial charge on any atom is 0.337 e. The summed E-state index contributed by atoms with van der Waals surface area (Å²) in [6.07, 6.45) is 3.32. The smallest absolute Gasteiger partial charge is 0.337 e. The van der Waals surface area contributed by atoms with E-state index >= 15 is 0 Å². The van der Waals surface area contributed by atoms with Crippen molar-refractivity contribution in [2.24, 2.45) is 0 Å². The van der Waals surface area contributed by atoms with Crippen LogP contribution in [0, 0.1) is 3.57 Å². The van der Waals surface area contributed by atoms with Crippen molar-refractivity contribution in [2.45, 2.75) is 0 Å². The van der Waals surface area contributed by atoms with Gasteiger partial charge in [0.25, 0.3) is 0 Å². The van der Waals surface area contributed by atoms with Gasteiger partial charge < -0.3 is 9.47 Å². The highest BCUT2D eigenvalue weighted by Crippen LogP contribution is 2.18. The van der Waals surface area contributed by atoms with Gasteiger partial charge in [-0.25, -0.2) is 14.8 Å². The monoisotopic (exact) mass is 356 g/mol. The molecule has 2 rings (SSSR count). The molecule has 0 unspecified atom stereocenters. The number of nitrogens with zero attached hydrogens (tertiary/aromatic N) is 2. The Morgan fingerprint density at radius 3 is 2.33 bits per heavy atom. The third-order valence-corrected chi connectivity index (χ3v) is 2.64. The highest BCUT2D eigenvalue weighted by atomic mass is 127. The second-order valence-corrected chi connectivity index (χ2v) is 4.55. The number of hydrogen-bond acceptors (Lipinski definition) is 5. The van der Waals surface area contributed by atoms with Crippen molar-refractivity contribution in [2.75, 3.05) is 7.11 Å². The second-order valence-electron chi connectivity index (χ2n) is 3.30. The van der Waals surface area contributed by atoms with Crippen LogP contribution in [0.4, 0.5) is 0 Å². The van der Waals surface area contributed by atoms with Crippen LogP contribution >= 0.6 is 22.6 Å². The van der Waals surface area contributed by atoms with Crippen LogP contribution in [0.3, 0.4) is 0 Å². The van der Waals surface area contributed by atoms with Gasteiger partial charge in [0, 0.05) is 16.0 Å². The summed E-state index contributed by atoms with van der Waals surface area (Å²) in [4.78, 5) is 19.3. The van der Waals surface area contributed by atoms with Crippen LogP contribution in [-0.2, 0) is 4.74 Å². The minimum Gasteiger partial charge on any atom is -0.465 e. The van der Waals surface area contributed by atoms with Gasteiger partial charge in [0.15, 0.2) is 0 Å². The van der Waals surface area contributed by atoms with Gasteiger partial charge in [-0.2, -0.15) is 0 Å². The molecule has 0 radical (unpaired) electrons. The van der Waals surface area contributed by atoms with Crippen molar-refractivity contribution < 1.29 is 14.3 Å². The van der Waals surface area contributed by atoms with Gasteiger partial charge in [0.2, 0.25) is 0 Å². The van der Waals surface area contributed by atoms with Crippen LogP contribution < -0.4 is 4.74 Å². The zero-order chi connectivity index (χ0) is 13.0. The summed E-state index contributed by atoms with van der Waals surface area (Å²) in [6.45, 7) is 0. The van der Waals surface area contributed by atoms with Gasteiger partial charge >= 0.3 is 12.0 Å². The number of halogens is 1. The molecule has 0 aliphatic carbocycles. The number of esters is 1. The van der Waals surface area contributed by atoms with Crippen molar-refractivity contribution >= 4 is 28.6 Å². The van der Waals surface area contributed by atoms with E-state index in [-0.39, 0.29) is 12.0 Å². The molecule has 0 N–H and O–H groups in total. The summed E-state index contributed by atoms with van der Waals surface area (Å²) < 4.78 is 11.0. The summed E-state index contributed by atoms with van der Waals surface area (Å²) in [5, 5.41) is 0. The molecule has 0 bridgehead atoms.